The lowest BCUT2D eigenvalue weighted by molar-refractivity contribution is -0.154. The van der Waals surface area contributed by atoms with Gasteiger partial charge in [-0.1, -0.05) is 25.1 Å². The van der Waals surface area contributed by atoms with E-state index in [0.29, 0.717) is 23.5 Å². The Bertz CT molecular complexity index is 677. The fourth-order valence-corrected chi connectivity index (χ4v) is 5.43. The van der Waals surface area contributed by atoms with Gasteiger partial charge in [0.2, 0.25) is 0 Å². The van der Waals surface area contributed by atoms with E-state index in [1.807, 2.05) is 6.07 Å². The fraction of sp³-hybridized carbons (Fsp3) is 0.550. The second-order valence-corrected chi connectivity index (χ2v) is 7.68. The van der Waals surface area contributed by atoms with Gasteiger partial charge in [0, 0.05) is 12.3 Å². The lowest BCUT2D eigenvalue weighted by Gasteiger charge is -2.48. The van der Waals surface area contributed by atoms with E-state index >= 15 is 0 Å². The zero-order chi connectivity index (χ0) is 16.2. The Hall–Kier alpha value is -1.77. The van der Waals surface area contributed by atoms with Crippen molar-refractivity contribution in [3.63, 3.8) is 0 Å². The molecule has 1 N–H and O–H groups in total. The first-order chi connectivity index (χ1) is 11.0. The molecule has 2 fully saturated rings. The van der Waals surface area contributed by atoms with Crippen molar-refractivity contribution in [1.29, 1.82) is 0 Å². The van der Waals surface area contributed by atoms with Crippen molar-refractivity contribution in [2.24, 2.45) is 17.3 Å². The van der Waals surface area contributed by atoms with E-state index in [1.54, 1.807) is 6.07 Å². The molecule has 3 heteroatoms. The Morgan fingerprint density at radius 3 is 2.91 bits per heavy atom. The van der Waals surface area contributed by atoms with E-state index in [4.69, 9.17) is 4.74 Å². The zero-order valence-corrected chi connectivity index (χ0v) is 13.8. The van der Waals surface area contributed by atoms with Crippen LogP contribution in [0.5, 0.6) is 5.75 Å². The van der Waals surface area contributed by atoms with Gasteiger partial charge in [-0.3, -0.25) is 4.79 Å². The van der Waals surface area contributed by atoms with Crippen LogP contribution in [0.25, 0.3) is 6.08 Å². The van der Waals surface area contributed by atoms with Gasteiger partial charge in [0.25, 0.3) is 0 Å². The molecule has 0 bridgehead atoms. The van der Waals surface area contributed by atoms with E-state index in [1.165, 1.54) is 12.5 Å². The normalized spacial score (nSPS) is 37.7. The molecular formula is C20H24O3. The second-order valence-electron chi connectivity index (χ2n) is 7.68. The molecule has 5 unspecified atom stereocenters. The quantitative estimate of drug-likeness (QED) is 0.788. The maximum absolute atomic E-state index is 11.4. The number of allylic oxidation sites excluding steroid dienone is 1. The molecule has 3 nitrogen and oxygen atoms in total. The Morgan fingerprint density at radius 1 is 1.30 bits per heavy atom. The summed E-state index contributed by atoms with van der Waals surface area (Å²) in [5.41, 5.74) is 2.63. The minimum absolute atomic E-state index is 0.0700. The van der Waals surface area contributed by atoms with Gasteiger partial charge in [-0.05, 0) is 66.7 Å². The van der Waals surface area contributed by atoms with E-state index in [2.05, 4.69) is 25.1 Å². The highest BCUT2D eigenvalue weighted by molar-refractivity contribution is 5.66. The number of benzene rings is 1. The van der Waals surface area contributed by atoms with Crippen LogP contribution in [0.1, 0.15) is 56.6 Å². The predicted molar refractivity (Wildman–Crippen MR) is 89.0 cm³/mol. The van der Waals surface area contributed by atoms with Gasteiger partial charge in [0.15, 0.2) is 0 Å². The molecule has 122 valence electrons. The first-order valence-electron chi connectivity index (χ1n) is 8.67. The number of rotatable bonds is 1. The molecule has 0 spiro atoms. The number of ether oxygens (including phenoxy) is 1. The molecule has 0 aliphatic heterocycles. The van der Waals surface area contributed by atoms with Crippen LogP contribution in [0.3, 0.4) is 0 Å². The van der Waals surface area contributed by atoms with Crippen LogP contribution in [0, 0.1) is 17.3 Å². The van der Waals surface area contributed by atoms with E-state index in [9.17, 15) is 9.90 Å². The fourth-order valence-electron chi connectivity index (χ4n) is 5.43. The van der Waals surface area contributed by atoms with Gasteiger partial charge >= 0.3 is 5.97 Å². The lowest BCUT2D eigenvalue weighted by Crippen LogP contribution is -2.43. The number of fused-ring (bicyclic) bond motifs is 5. The van der Waals surface area contributed by atoms with Crippen LogP contribution in [0.15, 0.2) is 24.3 Å². The average molecular weight is 312 g/mol. The van der Waals surface area contributed by atoms with Gasteiger partial charge in [-0.2, -0.15) is 0 Å². The monoisotopic (exact) mass is 312 g/mol. The third kappa shape index (κ3) is 2.20. The minimum atomic E-state index is -0.154. The maximum atomic E-state index is 11.4. The Balaban J connectivity index is 1.66. The van der Waals surface area contributed by atoms with Crippen LogP contribution in [0.4, 0.5) is 0 Å². The van der Waals surface area contributed by atoms with Crippen molar-refractivity contribution in [2.75, 3.05) is 0 Å². The molecule has 1 aromatic carbocycles. The summed E-state index contributed by atoms with van der Waals surface area (Å²) in [6.07, 6.45) is 8.92. The summed E-state index contributed by atoms with van der Waals surface area (Å²) in [6.45, 7) is 3.83. The van der Waals surface area contributed by atoms with E-state index in [-0.39, 0.29) is 17.5 Å². The van der Waals surface area contributed by atoms with Crippen molar-refractivity contribution in [3.8, 4) is 5.75 Å². The van der Waals surface area contributed by atoms with E-state index < -0.39 is 0 Å². The van der Waals surface area contributed by atoms with Gasteiger partial charge < -0.3 is 9.84 Å². The lowest BCUT2D eigenvalue weighted by atomic mass is 9.57. The van der Waals surface area contributed by atoms with Gasteiger partial charge in [-0.15, -0.1) is 0 Å². The maximum Gasteiger partial charge on any atom is 0.302 e. The summed E-state index contributed by atoms with van der Waals surface area (Å²) in [5, 5.41) is 9.71. The van der Waals surface area contributed by atoms with E-state index in [0.717, 1.165) is 31.2 Å². The van der Waals surface area contributed by atoms with Crippen LogP contribution >= 0.6 is 0 Å². The molecular weight excluding hydrogens is 288 g/mol. The highest BCUT2D eigenvalue weighted by Crippen LogP contribution is 2.60. The van der Waals surface area contributed by atoms with Crippen LogP contribution in [-0.2, 0) is 9.53 Å². The number of aromatic hydroxyl groups is 1. The largest absolute Gasteiger partial charge is 0.508 e. The standard InChI is InChI=1S/C20H24O3/c1-12(21)23-19-8-7-18-17-5-3-13-11-14(22)4-6-15(13)16(17)9-10-20(18,19)2/h3-6,11,16-19,22H,7-10H2,1-2H3. The third-order valence-corrected chi connectivity index (χ3v) is 6.52. The van der Waals surface area contributed by atoms with Crippen LogP contribution in [0.2, 0.25) is 0 Å². The first-order valence-corrected chi connectivity index (χ1v) is 8.67. The molecule has 3 aliphatic rings. The smallest absolute Gasteiger partial charge is 0.302 e. The molecule has 1 aromatic rings. The van der Waals surface area contributed by atoms with Crippen molar-refractivity contribution < 1.29 is 14.6 Å². The number of esters is 1. The number of phenols is 1. The van der Waals surface area contributed by atoms with Crippen molar-refractivity contribution in [1.82, 2.24) is 0 Å². The molecule has 0 amide bonds. The zero-order valence-electron chi connectivity index (χ0n) is 13.8. The third-order valence-electron chi connectivity index (χ3n) is 6.52. The molecule has 0 saturated heterocycles. The minimum Gasteiger partial charge on any atom is -0.508 e. The molecule has 3 aliphatic carbocycles. The van der Waals surface area contributed by atoms with Crippen LogP contribution in [-0.4, -0.2) is 17.2 Å². The highest BCUT2D eigenvalue weighted by Gasteiger charge is 2.55. The van der Waals surface area contributed by atoms with Crippen molar-refractivity contribution >= 4 is 12.0 Å². The van der Waals surface area contributed by atoms with Gasteiger partial charge in [0.05, 0.1) is 0 Å². The van der Waals surface area contributed by atoms with Gasteiger partial charge in [-0.25, -0.2) is 0 Å². The number of hydrogen-bond acceptors (Lipinski definition) is 3. The second kappa shape index (κ2) is 5.12. The van der Waals surface area contributed by atoms with Crippen LogP contribution < -0.4 is 0 Å². The summed E-state index contributed by atoms with van der Waals surface area (Å²) >= 11 is 0. The van der Waals surface area contributed by atoms with Crippen molar-refractivity contribution in [3.05, 3.63) is 35.4 Å². The number of carbonyl (C=O) groups excluding carboxylic acids is 1. The molecule has 0 radical (unpaired) electrons. The molecule has 5 atom stereocenters. The average Bonchev–Trinajstić information content (AvgIpc) is 2.83. The molecule has 23 heavy (non-hydrogen) atoms. The highest BCUT2D eigenvalue weighted by atomic mass is 16.5. The number of carbonyl (C=O) groups is 1. The number of phenolic OH excluding ortho intramolecular Hbond substituents is 1. The predicted octanol–water partition coefficient (Wildman–Crippen LogP) is 4.26. The molecule has 4 rings (SSSR count). The topological polar surface area (TPSA) is 46.5 Å². The first kappa shape index (κ1) is 14.8. The van der Waals surface area contributed by atoms with Gasteiger partial charge in [0.1, 0.15) is 11.9 Å². The van der Waals surface area contributed by atoms with Crippen molar-refractivity contribution in [2.45, 2.75) is 51.6 Å². The SMILES string of the molecule is CC(=O)OC1CCC2C3C=Cc4cc(O)ccc4C3CCC12C. The Labute approximate surface area is 137 Å². The molecule has 0 heterocycles. The summed E-state index contributed by atoms with van der Waals surface area (Å²) in [7, 11) is 0. The summed E-state index contributed by atoms with van der Waals surface area (Å²) in [5.74, 6) is 1.81. The summed E-state index contributed by atoms with van der Waals surface area (Å²) < 4.78 is 5.65. The summed E-state index contributed by atoms with van der Waals surface area (Å²) in [6, 6.07) is 5.76. The summed E-state index contributed by atoms with van der Waals surface area (Å²) in [4.78, 5) is 11.4. The Kier molecular flexibility index (Phi) is 3.29. The number of hydrogen-bond donors (Lipinski definition) is 1. The Morgan fingerprint density at radius 2 is 2.13 bits per heavy atom. The molecule has 0 aromatic heterocycles. The molecule has 2 saturated carbocycles.